The molecule has 1 aliphatic heterocycles. The van der Waals surface area contributed by atoms with Crippen molar-refractivity contribution in [2.45, 2.75) is 19.3 Å². The molecule has 2 aliphatic rings. The molecule has 1 atom stereocenters. The lowest BCUT2D eigenvalue weighted by atomic mass is 10.0. The summed E-state index contributed by atoms with van der Waals surface area (Å²) < 4.78 is 24.7. The summed E-state index contributed by atoms with van der Waals surface area (Å²) in [5, 5.41) is 0. The van der Waals surface area contributed by atoms with Gasteiger partial charge >= 0.3 is 5.97 Å². The van der Waals surface area contributed by atoms with Crippen LogP contribution in [0, 0.1) is 5.82 Å². The molecule has 7 heteroatoms. The van der Waals surface area contributed by atoms with Gasteiger partial charge in [-0.25, -0.2) is 9.18 Å². The van der Waals surface area contributed by atoms with E-state index in [1.165, 1.54) is 17.0 Å². The molecule has 27 heavy (non-hydrogen) atoms. The van der Waals surface area contributed by atoms with Gasteiger partial charge in [-0.05, 0) is 30.2 Å². The number of carbonyl (C=O) groups is 3. The third kappa shape index (κ3) is 2.95. The molecule has 0 bridgehead atoms. The van der Waals surface area contributed by atoms with Gasteiger partial charge in [0.1, 0.15) is 23.9 Å². The quantitative estimate of drug-likeness (QED) is 0.614. The Morgan fingerprint density at radius 3 is 2.85 bits per heavy atom. The molecule has 0 saturated carbocycles. The largest absolute Gasteiger partial charge is 0.482 e. The summed E-state index contributed by atoms with van der Waals surface area (Å²) in [6.07, 6.45) is 0.177. The van der Waals surface area contributed by atoms with Gasteiger partial charge in [0.2, 0.25) is 0 Å². The normalized spacial score (nSPS) is 18.0. The predicted octanol–water partition coefficient (Wildman–Crippen LogP) is 2.85. The van der Waals surface area contributed by atoms with E-state index in [1.807, 2.05) is 0 Å². The van der Waals surface area contributed by atoms with Crippen LogP contribution in [0.4, 0.5) is 10.1 Å². The van der Waals surface area contributed by atoms with Crippen LogP contribution in [0.5, 0.6) is 11.5 Å². The highest BCUT2D eigenvalue weighted by molar-refractivity contribution is 6.05. The fourth-order valence-electron chi connectivity index (χ4n) is 3.52. The van der Waals surface area contributed by atoms with Crippen LogP contribution >= 0.6 is 0 Å². The molecular weight excluding hydrogens is 353 g/mol. The fraction of sp³-hybridized carbons (Fsp3) is 0.250. The number of amides is 1. The van der Waals surface area contributed by atoms with E-state index in [2.05, 4.69) is 0 Å². The number of para-hydroxylation sites is 2. The van der Waals surface area contributed by atoms with Crippen LogP contribution < -0.4 is 14.4 Å². The van der Waals surface area contributed by atoms with Gasteiger partial charge in [-0.1, -0.05) is 19.1 Å². The van der Waals surface area contributed by atoms with Gasteiger partial charge in [-0.15, -0.1) is 0 Å². The van der Waals surface area contributed by atoms with Gasteiger partial charge in [0, 0.05) is 12.0 Å². The molecule has 1 heterocycles. The predicted molar refractivity (Wildman–Crippen MR) is 93.7 cm³/mol. The van der Waals surface area contributed by atoms with Crippen molar-refractivity contribution in [2.24, 2.45) is 0 Å². The maximum Gasteiger partial charge on any atom is 0.331 e. The van der Waals surface area contributed by atoms with Gasteiger partial charge in [-0.2, -0.15) is 0 Å². The minimum Gasteiger partial charge on any atom is -0.482 e. The topological polar surface area (TPSA) is 72.9 Å². The lowest BCUT2D eigenvalue weighted by molar-refractivity contribution is -0.134. The van der Waals surface area contributed by atoms with Crippen molar-refractivity contribution in [3.8, 4) is 11.5 Å². The second-order valence-corrected chi connectivity index (χ2v) is 6.57. The second kappa shape index (κ2) is 6.50. The van der Waals surface area contributed by atoms with E-state index in [1.54, 1.807) is 31.2 Å². The summed E-state index contributed by atoms with van der Waals surface area (Å²) in [5.41, 5.74) is 0.863. The van der Waals surface area contributed by atoms with E-state index in [4.69, 9.17) is 9.47 Å². The number of benzene rings is 2. The Bertz CT molecular complexity index is 971. The number of esters is 1. The Morgan fingerprint density at radius 1 is 1.26 bits per heavy atom. The van der Waals surface area contributed by atoms with E-state index in [0.29, 0.717) is 11.4 Å². The minimum atomic E-state index is -0.721. The van der Waals surface area contributed by atoms with Crippen molar-refractivity contribution in [1.82, 2.24) is 0 Å². The van der Waals surface area contributed by atoms with E-state index in [-0.39, 0.29) is 54.1 Å². The number of halogens is 1. The number of nitrogens with zero attached hydrogens (tertiary/aromatic N) is 1. The number of anilines is 1. The van der Waals surface area contributed by atoms with Crippen LogP contribution in [0.25, 0.3) is 0 Å². The molecule has 0 saturated heterocycles. The zero-order valence-electron chi connectivity index (χ0n) is 14.5. The van der Waals surface area contributed by atoms with Gasteiger partial charge in [0.25, 0.3) is 5.91 Å². The number of fused-ring (bicyclic) bond motifs is 2. The van der Waals surface area contributed by atoms with Crippen molar-refractivity contribution in [2.75, 3.05) is 18.1 Å². The Balaban J connectivity index is 1.58. The zero-order chi connectivity index (χ0) is 19.1. The molecule has 0 fully saturated rings. The third-order valence-electron chi connectivity index (χ3n) is 4.74. The van der Waals surface area contributed by atoms with Gasteiger partial charge < -0.3 is 9.47 Å². The van der Waals surface area contributed by atoms with Crippen LogP contribution in [0.2, 0.25) is 0 Å². The maximum atomic E-state index is 14.1. The summed E-state index contributed by atoms with van der Waals surface area (Å²) in [5.74, 6) is -1.58. The summed E-state index contributed by atoms with van der Waals surface area (Å²) in [4.78, 5) is 38.1. The molecule has 1 aliphatic carbocycles. The van der Waals surface area contributed by atoms with Crippen molar-refractivity contribution in [3.05, 3.63) is 53.3 Å². The van der Waals surface area contributed by atoms with Crippen molar-refractivity contribution < 1.29 is 28.2 Å². The smallest absolute Gasteiger partial charge is 0.331 e. The zero-order valence-corrected chi connectivity index (χ0v) is 14.5. The molecule has 0 radical (unpaired) electrons. The fourth-order valence-corrected chi connectivity index (χ4v) is 3.52. The van der Waals surface area contributed by atoms with Gasteiger partial charge in [0.15, 0.2) is 12.4 Å². The molecule has 6 nitrogen and oxygen atoms in total. The second-order valence-electron chi connectivity index (χ2n) is 6.57. The molecule has 138 valence electrons. The summed E-state index contributed by atoms with van der Waals surface area (Å²) in [6, 6.07) is 9.32. The Kier molecular flexibility index (Phi) is 4.14. The summed E-state index contributed by atoms with van der Waals surface area (Å²) >= 11 is 0. The highest BCUT2D eigenvalue weighted by atomic mass is 19.1. The Hall–Kier alpha value is -3.22. The molecule has 2 aromatic rings. The van der Waals surface area contributed by atoms with Crippen LogP contribution in [-0.2, 0) is 9.59 Å². The molecule has 0 N–H and O–H groups in total. The SMILES string of the molecule is CC1CC(=O)c2c(OC(=O)CN3C(=O)COc4ccccc43)ccc(F)c21. The average Bonchev–Trinajstić information content (AvgIpc) is 2.95. The number of carbonyl (C=O) groups excluding carboxylic acids is 3. The van der Waals surface area contributed by atoms with E-state index < -0.39 is 11.8 Å². The number of ether oxygens (including phenoxy) is 2. The molecule has 2 aromatic carbocycles. The van der Waals surface area contributed by atoms with Crippen molar-refractivity contribution in [3.63, 3.8) is 0 Å². The first-order valence-corrected chi connectivity index (χ1v) is 8.54. The molecule has 1 unspecified atom stereocenters. The number of hydrogen-bond donors (Lipinski definition) is 0. The van der Waals surface area contributed by atoms with Gasteiger partial charge in [-0.3, -0.25) is 14.5 Å². The Morgan fingerprint density at radius 2 is 2.04 bits per heavy atom. The van der Waals surface area contributed by atoms with Crippen molar-refractivity contribution >= 4 is 23.3 Å². The molecule has 0 spiro atoms. The first kappa shape index (κ1) is 17.2. The van der Waals surface area contributed by atoms with Crippen LogP contribution in [0.3, 0.4) is 0 Å². The number of hydrogen-bond acceptors (Lipinski definition) is 5. The molecule has 1 amide bonds. The lowest BCUT2D eigenvalue weighted by Crippen LogP contribution is -2.43. The van der Waals surface area contributed by atoms with E-state index in [9.17, 15) is 18.8 Å². The monoisotopic (exact) mass is 369 g/mol. The Labute approximate surface area is 154 Å². The number of ketones is 1. The standard InChI is InChI=1S/C20H16FNO5/c1-11-8-14(23)20-16(7-6-12(21)19(11)20)27-18(25)9-22-13-4-2-3-5-15(13)26-10-17(22)24/h2-7,11H,8-10H2,1H3. The number of rotatable bonds is 3. The third-order valence-corrected chi connectivity index (χ3v) is 4.74. The lowest BCUT2D eigenvalue weighted by Gasteiger charge is -2.28. The number of Topliss-reactive ketones (excluding diaryl/α,β-unsaturated/α-hetero) is 1. The van der Waals surface area contributed by atoms with Crippen molar-refractivity contribution in [1.29, 1.82) is 0 Å². The first-order valence-electron chi connectivity index (χ1n) is 8.54. The average molecular weight is 369 g/mol. The summed E-state index contributed by atoms with van der Waals surface area (Å²) in [6.45, 7) is 1.24. The highest BCUT2D eigenvalue weighted by Crippen LogP contribution is 2.40. The van der Waals surface area contributed by atoms with Crippen LogP contribution in [0.15, 0.2) is 36.4 Å². The first-order chi connectivity index (χ1) is 13.0. The molecule has 4 rings (SSSR count). The van der Waals surface area contributed by atoms with E-state index >= 15 is 0 Å². The van der Waals surface area contributed by atoms with Gasteiger partial charge in [0.05, 0.1) is 11.3 Å². The van der Waals surface area contributed by atoms with E-state index in [0.717, 1.165) is 0 Å². The van der Waals surface area contributed by atoms with Crippen LogP contribution in [0.1, 0.15) is 35.2 Å². The highest BCUT2D eigenvalue weighted by Gasteiger charge is 2.34. The molecule has 0 aromatic heterocycles. The molecular formula is C20H16FNO5. The minimum absolute atomic E-state index is 0.0275. The van der Waals surface area contributed by atoms with Crippen LogP contribution in [-0.4, -0.2) is 30.8 Å². The maximum absolute atomic E-state index is 14.1. The summed E-state index contributed by atoms with van der Waals surface area (Å²) in [7, 11) is 0.